The van der Waals surface area contributed by atoms with Crippen LogP contribution in [0.4, 0.5) is 4.39 Å². The lowest BCUT2D eigenvalue weighted by Gasteiger charge is -2.12. The van der Waals surface area contributed by atoms with Gasteiger partial charge in [-0.2, -0.15) is 0 Å². The lowest BCUT2D eigenvalue weighted by Crippen LogP contribution is -2.37. The van der Waals surface area contributed by atoms with E-state index in [2.05, 4.69) is 20.6 Å². The summed E-state index contributed by atoms with van der Waals surface area (Å²) in [5, 5.41) is 6.52. The molecule has 2 aromatic carbocycles. The van der Waals surface area contributed by atoms with Gasteiger partial charge in [-0.15, -0.1) is 0 Å². The van der Waals surface area contributed by atoms with Gasteiger partial charge in [0, 0.05) is 26.3 Å². The Balaban J connectivity index is 1.41. The number of hydrogen-bond donors (Lipinski definition) is 2. The summed E-state index contributed by atoms with van der Waals surface area (Å²) in [6.07, 6.45) is 2.48. The van der Waals surface area contributed by atoms with Crippen LogP contribution in [0.15, 0.2) is 77.9 Å². The molecule has 1 aromatic heterocycles. The summed E-state index contributed by atoms with van der Waals surface area (Å²) in [6, 6.07) is 20.3. The summed E-state index contributed by atoms with van der Waals surface area (Å²) in [7, 11) is 1.73. The molecule has 0 saturated carbocycles. The Morgan fingerprint density at radius 3 is 2.59 bits per heavy atom. The first-order chi connectivity index (χ1) is 14.2. The molecule has 0 unspecified atom stereocenters. The molecule has 0 saturated heterocycles. The number of nitrogens with one attached hydrogen (secondary N) is 2. The summed E-state index contributed by atoms with van der Waals surface area (Å²) in [5.74, 6) is 1.30. The van der Waals surface area contributed by atoms with Gasteiger partial charge in [0.2, 0.25) is 0 Å². The molecule has 0 bridgehead atoms. The molecule has 0 radical (unpaired) electrons. The molecule has 0 aliphatic rings. The Hall–Kier alpha value is -3.41. The third kappa shape index (κ3) is 6.92. The molecule has 3 rings (SSSR count). The second-order valence-corrected chi connectivity index (χ2v) is 6.49. The van der Waals surface area contributed by atoms with E-state index >= 15 is 0 Å². The molecular weight excluding hydrogens is 367 g/mol. The van der Waals surface area contributed by atoms with Crippen molar-refractivity contribution in [3.05, 3.63) is 95.6 Å². The van der Waals surface area contributed by atoms with Crippen molar-refractivity contribution in [2.24, 2.45) is 4.99 Å². The summed E-state index contributed by atoms with van der Waals surface area (Å²) in [6.45, 7) is 1.75. The van der Waals surface area contributed by atoms with E-state index in [-0.39, 0.29) is 5.82 Å². The Morgan fingerprint density at radius 2 is 1.86 bits per heavy atom. The summed E-state index contributed by atoms with van der Waals surface area (Å²) >= 11 is 0. The number of nitrogens with zero attached hydrogens (tertiary/aromatic N) is 2. The zero-order chi connectivity index (χ0) is 20.3. The molecule has 1 heterocycles. The van der Waals surface area contributed by atoms with Gasteiger partial charge in [0.25, 0.3) is 0 Å². The second-order valence-electron chi connectivity index (χ2n) is 6.49. The molecule has 6 heteroatoms. The van der Waals surface area contributed by atoms with Crippen molar-refractivity contribution < 1.29 is 9.13 Å². The number of aliphatic imine (C=N–C) groups is 1. The fourth-order valence-corrected chi connectivity index (χ4v) is 2.77. The number of hydrogen-bond acceptors (Lipinski definition) is 3. The normalized spacial score (nSPS) is 11.2. The van der Waals surface area contributed by atoms with Gasteiger partial charge in [0.1, 0.15) is 18.2 Å². The molecule has 0 fully saturated rings. The van der Waals surface area contributed by atoms with Gasteiger partial charge in [-0.05, 0) is 53.9 Å². The van der Waals surface area contributed by atoms with Crippen LogP contribution in [-0.4, -0.2) is 24.5 Å². The number of pyridine rings is 1. The average Bonchev–Trinajstić information content (AvgIpc) is 2.76. The molecule has 3 aromatic rings. The third-order valence-corrected chi connectivity index (χ3v) is 4.31. The first-order valence-corrected chi connectivity index (χ1v) is 9.53. The highest BCUT2D eigenvalue weighted by atomic mass is 19.1. The number of guanidine groups is 1. The topological polar surface area (TPSA) is 58.5 Å². The van der Waals surface area contributed by atoms with Crippen LogP contribution in [0.1, 0.15) is 16.8 Å². The molecule has 2 N–H and O–H groups in total. The number of ether oxygens (including phenoxy) is 1. The minimum atomic E-state index is -0.211. The number of rotatable bonds is 8. The van der Waals surface area contributed by atoms with Gasteiger partial charge in [-0.3, -0.25) is 9.98 Å². The molecule has 29 heavy (non-hydrogen) atoms. The summed E-state index contributed by atoms with van der Waals surface area (Å²) < 4.78 is 19.0. The lowest BCUT2D eigenvalue weighted by molar-refractivity contribution is 0.301. The summed E-state index contributed by atoms with van der Waals surface area (Å²) in [5.41, 5.74) is 2.96. The van der Waals surface area contributed by atoms with Gasteiger partial charge >= 0.3 is 0 Å². The van der Waals surface area contributed by atoms with Gasteiger partial charge in [-0.1, -0.05) is 30.3 Å². The maximum absolute atomic E-state index is 13.2. The van der Waals surface area contributed by atoms with Gasteiger partial charge in [0.05, 0.1) is 5.69 Å². The van der Waals surface area contributed by atoms with Crippen molar-refractivity contribution >= 4 is 5.96 Å². The maximum atomic E-state index is 13.2. The van der Waals surface area contributed by atoms with E-state index in [0.717, 1.165) is 29.0 Å². The highest BCUT2D eigenvalue weighted by Crippen LogP contribution is 2.13. The van der Waals surface area contributed by atoms with Crippen LogP contribution < -0.4 is 15.4 Å². The van der Waals surface area contributed by atoms with Crippen LogP contribution >= 0.6 is 0 Å². The van der Waals surface area contributed by atoms with Gasteiger partial charge in [-0.25, -0.2) is 4.39 Å². The van der Waals surface area contributed by atoms with Crippen LogP contribution in [0.2, 0.25) is 0 Å². The lowest BCUT2D eigenvalue weighted by atomic mass is 10.1. The molecule has 0 aliphatic heterocycles. The number of aromatic nitrogens is 1. The first kappa shape index (κ1) is 20.3. The van der Waals surface area contributed by atoms with E-state index in [4.69, 9.17) is 4.74 Å². The number of halogens is 1. The van der Waals surface area contributed by atoms with E-state index in [0.29, 0.717) is 25.7 Å². The Morgan fingerprint density at radius 1 is 1.00 bits per heavy atom. The Labute approximate surface area is 170 Å². The van der Waals surface area contributed by atoms with Crippen molar-refractivity contribution in [3.8, 4) is 5.75 Å². The molecular formula is C23H25FN4O. The van der Waals surface area contributed by atoms with Crippen molar-refractivity contribution in [2.75, 3.05) is 13.6 Å². The zero-order valence-electron chi connectivity index (χ0n) is 16.4. The van der Waals surface area contributed by atoms with E-state index in [1.54, 1.807) is 25.4 Å². The largest absolute Gasteiger partial charge is 0.487 e. The van der Waals surface area contributed by atoms with Crippen molar-refractivity contribution in [1.82, 2.24) is 15.6 Å². The quantitative estimate of drug-likeness (QED) is 0.453. The second kappa shape index (κ2) is 10.8. The van der Waals surface area contributed by atoms with Crippen molar-refractivity contribution in [3.63, 3.8) is 0 Å². The molecule has 150 valence electrons. The highest BCUT2D eigenvalue weighted by Gasteiger charge is 2.01. The van der Waals surface area contributed by atoms with E-state index in [9.17, 15) is 4.39 Å². The molecule has 0 aliphatic carbocycles. The summed E-state index contributed by atoms with van der Waals surface area (Å²) in [4.78, 5) is 8.47. The van der Waals surface area contributed by atoms with E-state index < -0.39 is 0 Å². The highest BCUT2D eigenvalue weighted by molar-refractivity contribution is 5.79. The first-order valence-electron chi connectivity index (χ1n) is 9.53. The van der Waals surface area contributed by atoms with Crippen LogP contribution in [0.25, 0.3) is 0 Å². The number of benzene rings is 2. The van der Waals surface area contributed by atoms with Crippen LogP contribution in [0.3, 0.4) is 0 Å². The fourth-order valence-electron chi connectivity index (χ4n) is 2.77. The standard InChI is InChI=1S/C23H25FN4O/c1-25-23(27-14-12-18-5-4-6-20(24)15-18)28-16-19-8-10-22(11-9-19)29-17-21-7-2-3-13-26-21/h2-11,13,15H,12,14,16-17H2,1H3,(H2,25,27,28). The van der Waals surface area contributed by atoms with Crippen molar-refractivity contribution in [2.45, 2.75) is 19.6 Å². The predicted molar refractivity (Wildman–Crippen MR) is 113 cm³/mol. The molecule has 0 atom stereocenters. The maximum Gasteiger partial charge on any atom is 0.191 e. The van der Waals surface area contributed by atoms with Gasteiger partial charge < -0.3 is 15.4 Å². The van der Waals surface area contributed by atoms with Crippen LogP contribution in [0, 0.1) is 5.82 Å². The molecule has 0 spiro atoms. The minimum absolute atomic E-state index is 0.211. The van der Waals surface area contributed by atoms with E-state index in [1.807, 2.05) is 48.5 Å². The van der Waals surface area contributed by atoms with Gasteiger partial charge in [0.15, 0.2) is 5.96 Å². The zero-order valence-corrected chi connectivity index (χ0v) is 16.4. The SMILES string of the molecule is CN=C(NCCc1cccc(F)c1)NCc1ccc(OCc2ccccn2)cc1. The molecule has 0 amide bonds. The smallest absolute Gasteiger partial charge is 0.191 e. The predicted octanol–water partition coefficient (Wildman–Crippen LogP) is 3.71. The average molecular weight is 392 g/mol. The monoisotopic (exact) mass is 392 g/mol. The minimum Gasteiger partial charge on any atom is -0.487 e. The van der Waals surface area contributed by atoms with Crippen LogP contribution in [-0.2, 0) is 19.6 Å². The Kier molecular flexibility index (Phi) is 7.57. The van der Waals surface area contributed by atoms with Crippen molar-refractivity contribution in [1.29, 1.82) is 0 Å². The van der Waals surface area contributed by atoms with Crippen LogP contribution in [0.5, 0.6) is 5.75 Å². The molecule has 5 nitrogen and oxygen atoms in total. The Bertz CT molecular complexity index is 914. The van der Waals surface area contributed by atoms with E-state index in [1.165, 1.54) is 6.07 Å². The third-order valence-electron chi connectivity index (χ3n) is 4.31. The fraction of sp³-hybridized carbons (Fsp3) is 0.217.